The summed E-state index contributed by atoms with van der Waals surface area (Å²) >= 11 is 6.50. The first-order valence-corrected chi connectivity index (χ1v) is 15.5. The van der Waals surface area contributed by atoms with Crippen molar-refractivity contribution < 1.29 is 18.0 Å². The summed E-state index contributed by atoms with van der Waals surface area (Å²) in [5.74, 6) is -0.878. The van der Waals surface area contributed by atoms with Gasteiger partial charge in [-0.25, -0.2) is 8.42 Å². The number of likely N-dealkylation sites (N-methyl/N-ethyl adjacent to an activating group) is 1. The highest BCUT2D eigenvalue weighted by Gasteiger charge is 2.34. The van der Waals surface area contributed by atoms with Crippen LogP contribution in [0.25, 0.3) is 0 Å². The van der Waals surface area contributed by atoms with Gasteiger partial charge in [0.15, 0.2) is 0 Å². The molecule has 0 saturated heterocycles. The monoisotopic (exact) mass is 603 g/mol. The molecule has 0 unspecified atom stereocenters. The third-order valence-electron chi connectivity index (χ3n) is 6.85. The second-order valence-corrected chi connectivity index (χ2v) is 12.1. The number of nitrogens with one attached hydrogen (secondary N) is 1. The SMILES string of the molecule is CCNC(=O)[C@@H](Cc1ccccc1)N(Cc1ccccc1Cl)C(=O)CN(c1ccc(C)cc1)S(=O)(=O)c1ccccc1. The van der Waals surface area contributed by atoms with Gasteiger partial charge in [0, 0.05) is 24.5 Å². The van der Waals surface area contributed by atoms with Crippen molar-refractivity contribution in [2.24, 2.45) is 0 Å². The average molecular weight is 604 g/mol. The number of halogens is 1. The molecule has 1 atom stereocenters. The van der Waals surface area contributed by atoms with Gasteiger partial charge in [-0.2, -0.15) is 0 Å². The Morgan fingerprint density at radius 3 is 2.05 bits per heavy atom. The third-order valence-corrected chi connectivity index (χ3v) is 9.01. The van der Waals surface area contributed by atoms with Crippen LogP contribution in [-0.2, 0) is 32.6 Å². The van der Waals surface area contributed by atoms with E-state index in [1.54, 1.807) is 66.7 Å². The van der Waals surface area contributed by atoms with Crippen LogP contribution in [0.15, 0.2) is 114 Å². The maximum atomic E-state index is 14.3. The number of benzene rings is 4. The third kappa shape index (κ3) is 7.57. The van der Waals surface area contributed by atoms with E-state index in [-0.39, 0.29) is 23.8 Å². The molecule has 0 aromatic heterocycles. The number of amides is 2. The number of sulfonamides is 1. The topological polar surface area (TPSA) is 86.8 Å². The van der Waals surface area contributed by atoms with Gasteiger partial charge < -0.3 is 10.2 Å². The quantitative estimate of drug-likeness (QED) is 0.228. The van der Waals surface area contributed by atoms with Gasteiger partial charge in [0.2, 0.25) is 11.8 Å². The zero-order valence-electron chi connectivity index (χ0n) is 23.6. The predicted octanol–water partition coefficient (Wildman–Crippen LogP) is 5.62. The molecule has 0 radical (unpaired) electrons. The van der Waals surface area contributed by atoms with Crippen LogP contribution in [0.2, 0.25) is 5.02 Å². The van der Waals surface area contributed by atoms with Crippen molar-refractivity contribution in [3.05, 3.63) is 131 Å². The van der Waals surface area contributed by atoms with E-state index in [4.69, 9.17) is 11.6 Å². The van der Waals surface area contributed by atoms with Gasteiger partial charge in [-0.05, 0) is 55.3 Å². The molecular weight excluding hydrogens is 570 g/mol. The highest BCUT2D eigenvalue weighted by molar-refractivity contribution is 7.92. The fourth-order valence-electron chi connectivity index (χ4n) is 4.62. The summed E-state index contributed by atoms with van der Waals surface area (Å²) in [4.78, 5) is 29.3. The Bertz CT molecular complexity index is 1600. The zero-order valence-corrected chi connectivity index (χ0v) is 25.2. The molecular formula is C33H34ClN3O4S. The molecule has 0 fully saturated rings. The van der Waals surface area contributed by atoms with Crippen molar-refractivity contribution in [3.63, 3.8) is 0 Å². The lowest BCUT2D eigenvalue weighted by Gasteiger charge is -2.34. The molecule has 218 valence electrons. The number of rotatable bonds is 12. The number of carbonyl (C=O) groups is 2. The number of hydrogen-bond donors (Lipinski definition) is 1. The van der Waals surface area contributed by atoms with Gasteiger partial charge in [0.05, 0.1) is 10.6 Å². The second-order valence-electron chi connectivity index (χ2n) is 9.87. The van der Waals surface area contributed by atoms with Gasteiger partial charge >= 0.3 is 0 Å². The Labute approximate surface area is 252 Å². The van der Waals surface area contributed by atoms with Crippen molar-refractivity contribution in [2.75, 3.05) is 17.4 Å². The molecule has 4 rings (SSSR count). The molecule has 1 N–H and O–H groups in total. The molecule has 2 amide bonds. The smallest absolute Gasteiger partial charge is 0.264 e. The molecule has 4 aromatic carbocycles. The first-order chi connectivity index (χ1) is 20.2. The largest absolute Gasteiger partial charge is 0.355 e. The van der Waals surface area contributed by atoms with Crippen LogP contribution in [0.5, 0.6) is 0 Å². The highest BCUT2D eigenvalue weighted by Crippen LogP contribution is 2.26. The molecule has 0 aliphatic rings. The molecule has 0 heterocycles. The van der Waals surface area contributed by atoms with Gasteiger partial charge in [-0.1, -0.05) is 96.0 Å². The first-order valence-electron chi connectivity index (χ1n) is 13.7. The van der Waals surface area contributed by atoms with Crippen molar-refractivity contribution >= 4 is 39.1 Å². The molecule has 0 bridgehead atoms. The minimum Gasteiger partial charge on any atom is -0.355 e. The summed E-state index contributed by atoms with van der Waals surface area (Å²) in [6, 6.07) is 30.5. The molecule has 42 heavy (non-hydrogen) atoms. The van der Waals surface area contributed by atoms with Crippen molar-refractivity contribution in [1.82, 2.24) is 10.2 Å². The van der Waals surface area contributed by atoms with E-state index in [1.807, 2.05) is 44.2 Å². The Morgan fingerprint density at radius 2 is 1.43 bits per heavy atom. The summed E-state index contributed by atoms with van der Waals surface area (Å²) in [5.41, 5.74) is 2.79. The summed E-state index contributed by atoms with van der Waals surface area (Å²) in [6.07, 6.45) is 0.235. The van der Waals surface area contributed by atoms with E-state index in [1.165, 1.54) is 17.0 Å². The maximum absolute atomic E-state index is 14.3. The molecule has 0 aliphatic carbocycles. The lowest BCUT2D eigenvalue weighted by atomic mass is 10.0. The Hall–Kier alpha value is -4.14. The molecule has 7 nitrogen and oxygen atoms in total. The minimum absolute atomic E-state index is 0.0142. The van der Waals surface area contributed by atoms with Crippen LogP contribution in [0, 0.1) is 6.92 Å². The van der Waals surface area contributed by atoms with E-state index >= 15 is 0 Å². The highest BCUT2D eigenvalue weighted by atomic mass is 35.5. The number of aryl methyl sites for hydroxylation is 1. The molecule has 0 spiro atoms. The van der Waals surface area contributed by atoms with E-state index in [0.29, 0.717) is 22.8 Å². The fraction of sp³-hybridized carbons (Fsp3) is 0.212. The van der Waals surface area contributed by atoms with Crippen LogP contribution in [0.1, 0.15) is 23.6 Å². The molecule has 4 aromatic rings. The number of carbonyl (C=O) groups excluding carboxylic acids is 2. The molecule has 0 aliphatic heterocycles. The summed E-state index contributed by atoms with van der Waals surface area (Å²) in [7, 11) is -4.13. The van der Waals surface area contributed by atoms with E-state index in [2.05, 4.69) is 5.32 Å². The summed E-state index contributed by atoms with van der Waals surface area (Å²) < 4.78 is 29.0. The van der Waals surface area contributed by atoms with Crippen molar-refractivity contribution in [1.29, 1.82) is 0 Å². The standard InChI is InChI=1S/C33H34ClN3O4S/c1-3-35-33(39)31(22-26-12-6-4-7-13-26)36(23-27-14-10-11-17-30(27)34)32(38)24-37(28-20-18-25(2)19-21-28)42(40,41)29-15-8-5-9-16-29/h4-21,31H,3,22-24H2,1-2H3,(H,35,39)/t31-/m1/s1. The van der Waals surface area contributed by atoms with Gasteiger partial charge in [-0.3, -0.25) is 13.9 Å². The lowest BCUT2D eigenvalue weighted by molar-refractivity contribution is -0.140. The van der Waals surface area contributed by atoms with Crippen LogP contribution in [0.4, 0.5) is 5.69 Å². The van der Waals surface area contributed by atoms with Crippen LogP contribution in [-0.4, -0.2) is 44.3 Å². The Kier molecular flexibility index (Phi) is 10.4. The Balaban J connectivity index is 1.79. The van der Waals surface area contributed by atoms with Crippen LogP contribution < -0.4 is 9.62 Å². The molecule has 0 saturated carbocycles. The maximum Gasteiger partial charge on any atom is 0.264 e. The number of anilines is 1. The van der Waals surface area contributed by atoms with Gasteiger partial charge in [0.25, 0.3) is 10.0 Å². The first kappa shape index (κ1) is 30.8. The predicted molar refractivity (Wildman–Crippen MR) is 167 cm³/mol. The average Bonchev–Trinajstić information content (AvgIpc) is 3.00. The van der Waals surface area contributed by atoms with E-state index in [9.17, 15) is 18.0 Å². The summed E-state index contributed by atoms with van der Waals surface area (Å²) in [5, 5.41) is 3.29. The van der Waals surface area contributed by atoms with Crippen molar-refractivity contribution in [2.45, 2.75) is 37.8 Å². The van der Waals surface area contributed by atoms with Crippen molar-refractivity contribution in [3.8, 4) is 0 Å². The fourth-order valence-corrected chi connectivity index (χ4v) is 6.25. The zero-order chi connectivity index (χ0) is 30.1. The Morgan fingerprint density at radius 1 is 0.833 bits per heavy atom. The normalized spacial score (nSPS) is 11.9. The second kappa shape index (κ2) is 14.2. The summed E-state index contributed by atoms with van der Waals surface area (Å²) in [6.45, 7) is 3.58. The minimum atomic E-state index is -4.13. The number of nitrogens with zero attached hydrogens (tertiary/aromatic N) is 2. The molecule has 9 heteroatoms. The van der Waals surface area contributed by atoms with Gasteiger partial charge in [-0.15, -0.1) is 0 Å². The van der Waals surface area contributed by atoms with Crippen LogP contribution in [0.3, 0.4) is 0 Å². The van der Waals surface area contributed by atoms with Gasteiger partial charge in [0.1, 0.15) is 12.6 Å². The van der Waals surface area contributed by atoms with E-state index < -0.39 is 28.5 Å². The van der Waals surface area contributed by atoms with E-state index in [0.717, 1.165) is 15.4 Å². The van der Waals surface area contributed by atoms with Crippen LogP contribution >= 0.6 is 11.6 Å². The number of hydrogen-bond acceptors (Lipinski definition) is 4. The lowest BCUT2D eigenvalue weighted by Crippen LogP contribution is -2.53.